The molecule has 5 heteroatoms. The summed E-state index contributed by atoms with van der Waals surface area (Å²) in [5.74, 6) is 0. The number of nitrogens with two attached hydrogens (primary N) is 1. The van der Waals surface area contributed by atoms with Gasteiger partial charge in [0.1, 0.15) is 0 Å². The number of pyridine rings is 2. The van der Waals surface area contributed by atoms with Gasteiger partial charge in [-0.1, -0.05) is 36.4 Å². The third-order valence-corrected chi connectivity index (χ3v) is 5.31. The van der Waals surface area contributed by atoms with Crippen LogP contribution >= 0.6 is 0 Å². The van der Waals surface area contributed by atoms with Crippen molar-refractivity contribution in [3.05, 3.63) is 76.1 Å². The van der Waals surface area contributed by atoms with Gasteiger partial charge in [0, 0.05) is 36.0 Å². The zero-order chi connectivity index (χ0) is 18.4. The van der Waals surface area contributed by atoms with Crippen LogP contribution in [0.25, 0.3) is 33.1 Å². The fourth-order valence-electron chi connectivity index (χ4n) is 4.03. The van der Waals surface area contributed by atoms with Gasteiger partial charge in [-0.2, -0.15) is 0 Å². The molecule has 0 aliphatic carbocycles. The Morgan fingerprint density at radius 3 is 2.70 bits per heavy atom. The lowest BCUT2D eigenvalue weighted by atomic mass is 10.0. The minimum Gasteiger partial charge on any atom is -0.329 e. The normalized spacial score (nSPS) is 12.5. The van der Waals surface area contributed by atoms with Crippen LogP contribution in [0.2, 0.25) is 0 Å². The van der Waals surface area contributed by atoms with Gasteiger partial charge in [-0.25, -0.2) is 4.98 Å². The molecule has 1 aliphatic heterocycles. The highest BCUT2D eigenvalue weighted by atomic mass is 16.1. The van der Waals surface area contributed by atoms with Gasteiger partial charge in [0.25, 0.3) is 5.56 Å². The summed E-state index contributed by atoms with van der Waals surface area (Å²) >= 11 is 0. The summed E-state index contributed by atoms with van der Waals surface area (Å²) in [5, 5.41) is 6.25. The summed E-state index contributed by atoms with van der Waals surface area (Å²) in [6, 6.07) is 18.0. The van der Waals surface area contributed by atoms with E-state index < -0.39 is 0 Å². The number of benzene rings is 2. The third kappa shape index (κ3) is 2.47. The number of fused-ring (bicyclic) bond motifs is 5. The van der Waals surface area contributed by atoms with Crippen LogP contribution in [0.5, 0.6) is 0 Å². The van der Waals surface area contributed by atoms with Gasteiger partial charge >= 0.3 is 0 Å². The van der Waals surface area contributed by atoms with Gasteiger partial charge in [-0.3, -0.25) is 4.79 Å². The highest BCUT2D eigenvalue weighted by molar-refractivity contribution is 5.91. The standard InChI is InChI=1S/C22H20N4O/c23-9-10-24-12-17-16-7-3-4-8-19(16)25-21-18(17)13-26-20(21)11-14-5-1-2-6-15(14)22(26)27/h1-8,11,24H,9-10,12-13,23H2. The Balaban J connectivity index is 1.78. The molecule has 0 atom stereocenters. The zero-order valence-electron chi connectivity index (χ0n) is 14.9. The third-order valence-electron chi connectivity index (χ3n) is 5.31. The number of nitrogens with one attached hydrogen (secondary N) is 1. The van der Waals surface area contributed by atoms with E-state index in [1.165, 1.54) is 5.56 Å². The summed E-state index contributed by atoms with van der Waals surface area (Å²) in [6.45, 7) is 2.62. The summed E-state index contributed by atoms with van der Waals surface area (Å²) in [5.41, 5.74) is 10.8. The molecule has 2 aromatic heterocycles. The molecule has 134 valence electrons. The van der Waals surface area contributed by atoms with Crippen molar-refractivity contribution in [2.75, 3.05) is 13.1 Å². The van der Waals surface area contributed by atoms with Crippen molar-refractivity contribution in [1.82, 2.24) is 14.9 Å². The van der Waals surface area contributed by atoms with E-state index in [9.17, 15) is 4.79 Å². The Kier molecular flexibility index (Phi) is 3.77. The molecule has 5 nitrogen and oxygen atoms in total. The molecule has 0 saturated carbocycles. The molecular weight excluding hydrogens is 336 g/mol. The second-order valence-corrected chi connectivity index (χ2v) is 6.91. The Morgan fingerprint density at radius 1 is 1.07 bits per heavy atom. The summed E-state index contributed by atoms with van der Waals surface area (Å²) in [7, 11) is 0. The Hall–Kier alpha value is -3.02. The molecule has 3 heterocycles. The van der Waals surface area contributed by atoms with Gasteiger partial charge in [0.15, 0.2) is 0 Å². The van der Waals surface area contributed by atoms with Crippen LogP contribution in [-0.2, 0) is 13.1 Å². The van der Waals surface area contributed by atoms with Crippen LogP contribution < -0.4 is 16.6 Å². The van der Waals surface area contributed by atoms with Gasteiger partial charge < -0.3 is 15.6 Å². The number of aromatic nitrogens is 2. The molecule has 0 radical (unpaired) electrons. The van der Waals surface area contributed by atoms with Crippen LogP contribution in [-0.4, -0.2) is 22.6 Å². The van der Waals surface area contributed by atoms with Crippen molar-refractivity contribution in [3.8, 4) is 11.4 Å². The molecule has 0 bridgehead atoms. The van der Waals surface area contributed by atoms with Crippen LogP contribution in [0.1, 0.15) is 11.1 Å². The molecule has 0 saturated heterocycles. The first-order valence-electron chi connectivity index (χ1n) is 9.22. The van der Waals surface area contributed by atoms with E-state index in [1.54, 1.807) is 0 Å². The molecular formula is C22H20N4O. The fourth-order valence-corrected chi connectivity index (χ4v) is 4.03. The van der Waals surface area contributed by atoms with Gasteiger partial charge in [-0.15, -0.1) is 0 Å². The molecule has 0 fully saturated rings. The maximum Gasteiger partial charge on any atom is 0.259 e. The largest absolute Gasteiger partial charge is 0.329 e. The lowest BCUT2D eigenvalue weighted by Crippen LogP contribution is -2.23. The number of nitrogens with zero attached hydrogens (tertiary/aromatic N) is 2. The first-order valence-corrected chi connectivity index (χ1v) is 9.22. The number of rotatable bonds is 4. The van der Waals surface area contributed by atoms with E-state index >= 15 is 0 Å². The first-order chi connectivity index (χ1) is 13.3. The summed E-state index contributed by atoms with van der Waals surface area (Å²) in [4.78, 5) is 18.0. The highest BCUT2D eigenvalue weighted by Gasteiger charge is 2.26. The Bertz CT molecular complexity index is 1240. The van der Waals surface area contributed by atoms with Crippen molar-refractivity contribution >= 4 is 21.7 Å². The maximum atomic E-state index is 13.1. The second-order valence-electron chi connectivity index (χ2n) is 6.91. The smallest absolute Gasteiger partial charge is 0.259 e. The van der Waals surface area contributed by atoms with Crippen LogP contribution in [0, 0.1) is 0 Å². The SMILES string of the molecule is NCCNCc1c2c(nc3ccccc13)-c1cc3ccccc3c(=O)n1C2. The monoisotopic (exact) mass is 356 g/mol. The molecule has 0 amide bonds. The Labute approximate surface area is 156 Å². The average molecular weight is 356 g/mol. The van der Waals surface area contributed by atoms with Crippen LogP contribution in [0.4, 0.5) is 0 Å². The molecule has 4 aromatic rings. The lowest BCUT2D eigenvalue weighted by Gasteiger charge is -2.12. The molecule has 0 spiro atoms. The van der Waals surface area contributed by atoms with E-state index in [0.717, 1.165) is 45.2 Å². The van der Waals surface area contributed by atoms with Gasteiger partial charge in [0.2, 0.25) is 0 Å². The second kappa shape index (κ2) is 6.30. The number of hydrogen-bond donors (Lipinski definition) is 2. The molecule has 1 aliphatic rings. The highest BCUT2D eigenvalue weighted by Crippen LogP contribution is 2.36. The van der Waals surface area contributed by atoms with Crippen molar-refractivity contribution in [2.45, 2.75) is 13.1 Å². The van der Waals surface area contributed by atoms with E-state index in [-0.39, 0.29) is 5.56 Å². The van der Waals surface area contributed by atoms with E-state index in [1.807, 2.05) is 47.0 Å². The lowest BCUT2D eigenvalue weighted by molar-refractivity contribution is 0.689. The first kappa shape index (κ1) is 16.2. The molecule has 5 rings (SSSR count). The van der Waals surface area contributed by atoms with Crippen molar-refractivity contribution in [2.24, 2.45) is 5.73 Å². The van der Waals surface area contributed by atoms with Gasteiger partial charge in [-0.05, 0) is 29.1 Å². The van der Waals surface area contributed by atoms with E-state index in [0.29, 0.717) is 19.6 Å². The minimum atomic E-state index is 0.0472. The van der Waals surface area contributed by atoms with Crippen LogP contribution in [0.15, 0.2) is 59.4 Å². The van der Waals surface area contributed by atoms with Crippen LogP contribution in [0.3, 0.4) is 0 Å². The molecule has 0 unspecified atom stereocenters. The predicted octanol–water partition coefficient (Wildman–Crippen LogP) is 2.63. The quantitative estimate of drug-likeness (QED) is 0.486. The van der Waals surface area contributed by atoms with Crippen molar-refractivity contribution < 1.29 is 0 Å². The summed E-state index contributed by atoms with van der Waals surface area (Å²) in [6.07, 6.45) is 0. The fraction of sp³-hybridized carbons (Fsp3) is 0.182. The summed E-state index contributed by atoms with van der Waals surface area (Å²) < 4.78 is 1.85. The molecule has 3 N–H and O–H groups in total. The Morgan fingerprint density at radius 2 is 1.85 bits per heavy atom. The van der Waals surface area contributed by atoms with Gasteiger partial charge in [0.05, 0.1) is 23.4 Å². The van der Waals surface area contributed by atoms with Crippen molar-refractivity contribution in [1.29, 1.82) is 0 Å². The predicted molar refractivity (Wildman–Crippen MR) is 109 cm³/mol. The number of para-hydroxylation sites is 1. The van der Waals surface area contributed by atoms with E-state index in [2.05, 4.69) is 17.4 Å². The topological polar surface area (TPSA) is 72.9 Å². The number of hydrogen-bond acceptors (Lipinski definition) is 4. The molecule has 2 aromatic carbocycles. The zero-order valence-corrected chi connectivity index (χ0v) is 14.9. The maximum absolute atomic E-state index is 13.1. The van der Waals surface area contributed by atoms with E-state index in [4.69, 9.17) is 10.7 Å². The average Bonchev–Trinajstić information content (AvgIpc) is 3.06. The molecule has 27 heavy (non-hydrogen) atoms. The minimum absolute atomic E-state index is 0.0472. The van der Waals surface area contributed by atoms with Crippen molar-refractivity contribution in [3.63, 3.8) is 0 Å².